The SMILES string of the molecule is NCc1ccc(C(F)(F)F)nc1Oc1cc(F)ccc1Br. The van der Waals surface area contributed by atoms with E-state index in [1.54, 1.807) is 0 Å². The van der Waals surface area contributed by atoms with Crippen molar-refractivity contribution >= 4 is 15.9 Å². The minimum atomic E-state index is -4.61. The Bertz CT molecular complexity index is 661. The van der Waals surface area contributed by atoms with E-state index in [2.05, 4.69) is 20.9 Å². The molecule has 1 heterocycles. The Kier molecular flexibility index (Phi) is 4.48. The second kappa shape index (κ2) is 5.98. The summed E-state index contributed by atoms with van der Waals surface area (Å²) in [5.74, 6) is -0.885. The van der Waals surface area contributed by atoms with E-state index in [0.717, 1.165) is 12.1 Å². The van der Waals surface area contributed by atoms with Crippen LogP contribution >= 0.6 is 15.9 Å². The van der Waals surface area contributed by atoms with Gasteiger partial charge in [-0.1, -0.05) is 6.07 Å². The maximum atomic E-state index is 13.2. The summed E-state index contributed by atoms with van der Waals surface area (Å²) in [4.78, 5) is 3.41. The Labute approximate surface area is 125 Å². The topological polar surface area (TPSA) is 48.1 Å². The second-order valence-electron chi connectivity index (χ2n) is 4.04. The third kappa shape index (κ3) is 3.70. The maximum absolute atomic E-state index is 13.2. The lowest BCUT2D eigenvalue weighted by atomic mass is 10.2. The van der Waals surface area contributed by atoms with Gasteiger partial charge in [0.25, 0.3) is 0 Å². The quantitative estimate of drug-likeness (QED) is 0.828. The van der Waals surface area contributed by atoms with Gasteiger partial charge in [-0.15, -0.1) is 0 Å². The summed E-state index contributed by atoms with van der Waals surface area (Å²) in [5.41, 5.74) is 4.61. The summed E-state index contributed by atoms with van der Waals surface area (Å²) in [7, 11) is 0. The lowest BCUT2D eigenvalue weighted by molar-refractivity contribution is -0.141. The molecule has 0 spiro atoms. The van der Waals surface area contributed by atoms with E-state index >= 15 is 0 Å². The van der Waals surface area contributed by atoms with Crippen LogP contribution in [0.2, 0.25) is 0 Å². The first-order valence-corrected chi connectivity index (χ1v) is 6.50. The van der Waals surface area contributed by atoms with E-state index < -0.39 is 17.7 Å². The van der Waals surface area contributed by atoms with E-state index in [1.807, 2.05) is 0 Å². The molecule has 0 bridgehead atoms. The molecule has 0 aliphatic rings. The number of pyridine rings is 1. The monoisotopic (exact) mass is 364 g/mol. The van der Waals surface area contributed by atoms with Crippen LogP contribution in [0.3, 0.4) is 0 Å². The van der Waals surface area contributed by atoms with Crippen molar-refractivity contribution in [3.63, 3.8) is 0 Å². The smallest absolute Gasteiger partial charge is 0.433 e. The molecule has 1 aromatic carbocycles. The molecule has 0 saturated heterocycles. The lowest BCUT2D eigenvalue weighted by Crippen LogP contribution is -2.10. The highest BCUT2D eigenvalue weighted by Crippen LogP contribution is 2.34. The first kappa shape index (κ1) is 15.7. The fourth-order valence-corrected chi connectivity index (χ4v) is 1.86. The van der Waals surface area contributed by atoms with Gasteiger partial charge in [0.15, 0.2) is 0 Å². The molecule has 2 N–H and O–H groups in total. The van der Waals surface area contributed by atoms with Crippen molar-refractivity contribution in [3.8, 4) is 11.6 Å². The van der Waals surface area contributed by atoms with Crippen molar-refractivity contribution in [1.29, 1.82) is 0 Å². The van der Waals surface area contributed by atoms with Crippen molar-refractivity contribution in [3.05, 3.63) is 51.9 Å². The van der Waals surface area contributed by atoms with Gasteiger partial charge < -0.3 is 10.5 Å². The number of nitrogens with two attached hydrogens (primary N) is 1. The summed E-state index contributed by atoms with van der Waals surface area (Å²) in [6.45, 7) is -0.0621. The zero-order valence-corrected chi connectivity index (χ0v) is 12.0. The summed E-state index contributed by atoms with van der Waals surface area (Å²) < 4.78 is 56.8. The minimum absolute atomic E-state index is 0.0107. The number of aromatic nitrogens is 1. The van der Waals surface area contributed by atoms with Crippen LogP contribution in [-0.2, 0) is 12.7 Å². The van der Waals surface area contributed by atoms with Crippen molar-refractivity contribution in [2.45, 2.75) is 12.7 Å². The molecule has 2 rings (SSSR count). The largest absolute Gasteiger partial charge is 0.437 e. The molecule has 21 heavy (non-hydrogen) atoms. The van der Waals surface area contributed by atoms with E-state index in [1.165, 1.54) is 18.2 Å². The van der Waals surface area contributed by atoms with Gasteiger partial charge in [-0.05, 0) is 34.1 Å². The molecule has 0 aliphatic carbocycles. The summed E-state index contributed by atoms with van der Waals surface area (Å²) in [5, 5.41) is 0. The maximum Gasteiger partial charge on any atom is 0.433 e. The van der Waals surface area contributed by atoms with Gasteiger partial charge in [0.2, 0.25) is 5.88 Å². The van der Waals surface area contributed by atoms with Gasteiger partial charge in [0.1, 0.15) is 17.3 Å². The van der Waals surface area contributed by atoms with Gasteiger partial charge >= 0.3 is 6.18 Å². The molecule has 0 saturated carbocycles. The van der Waals surface area contributed by atoms with Crippen LogP contribution in [0.25, 0.3) is 0 Å². The standard InChI is InChI=1S/C13H9BrF4N2O/c14-9-3-2-8(15)5-10(9)21-12-7(6-19)1-4-11(20-12)13(16,17)18/h1-5H,6,19H2. The number of ether oxygens (including phenoxy) is 1. The molecular weight excluding hydrogens is 356 g/mol. The van der Waals surface area contributed by atoms with Crippen molar-refractivity contribution in [2.24, 2.45) is 5.73 Å². The summed E-state index contributed by atoms with van der Waals surface area (Å²) in [6.07, 6.45) is -4.61. The van der Waals surface area contributed by atoms with Crippen LogP contribution < -0.4 is 10.5 Å². The molecule has 0 aliphatic heterocycles. The van der Waals surface area contributed by atoms with Crippen LogP contribution in [0, 0.1) is 5.82 Å². The number of hydrogen-bond acceptors (Lipinski definition) is 3. The number of halogens is 5. The molecule has 112 valence electrons. The van der Waals surface area contributed by atoms with Crippen LogP contribution in [0.4, 0.5) is 17.6 Å². The molecular formula is C13H9BrF4N2O. The minimum Gasteiger partial charge on any atom is -0.437 e. The summed E-state index contributed by atoms with van der Waals surface area (Å²) in [6, 6.07) is 5.58. The Morgan fingerprint density at radius 2 is 1.90 bits per heavy atom. The third-order valence-corrected chi connectivity index (χ3v) is 3.20. The first-order chi connectivity index (χ1) is 9.81. The number of rotatable bonds is 3. The van der Waals surface area contributed by atoms with Crippen molar-refractivity contribution in [2.75, 3.05) is 0 Å². The van der Waals surface area contributed by atoms with Crippen LogP contribution in [0.1, 0.15) is 11.3 Å². The number of nitrogens with zero attached hydrogens (tertiary/aromatic N) is 1. The average molecular weight is 365 g/mol. The molecule has 0 radical (unpaired) electrons. The Hall–Kier alpha value is -1.67. The fraction of sp³-hybridized carbons (Fsp3) is 0.154. The predicted octanol–water partition coefficient (Wildman–Crippen LogP) is 4.25. The predicted molar refractivity (Wildman–Crippen MR) is 71.3 cm³/mol. The molecule has 2 aromatic rings. The van der Waals surface area contributed by atoms with Gasteiger partial charge in [-0.3, -0.25) is 0 Å². The van der Waals surface area contributed by atoms with Crippen LogP contribution in [-0.4, -0.2) is 4.98 Å². The second-order valence-corrected chi connectivity index (χ2v) is 4.89. The average Bonchev–Trinajstić information content (AvgIpc) is 2.42. The van der Waals surface area contributed by atoms with E-state index in [0.29, 0.717) is 4.47 Å². The van der Waals surface area contributed by atoms with E-state index in [9.17, 15) is 17.6 Å². The van der Waals surface area contributed by atoms with Crippen molar-refractivity contribution < 1.29 is 22.3 Å². The lowest BCUT2D eigenvalue weighted by Gasteiger charge is -2.13. The van der Waals surface area contributed by atoms with Gasteiger partial charge in [-0.25, -0.2) is 9.37 Å². The molecule has 3 nitrogen and oxygen atoms in total. The molecule has 0 atom stereocenters. The zero-order valence-electron chi connectivity index (χ0n) is 10.4. The van der Waals surface area contributed by atoms with Gasteiger partial charge in [-0.2, -0.15) is 13.2 Å². The fourth-order valence-electron chi connectivity index (χ4n) is 1.53. The van der Waals surface area contributed by atoms with Crippen molar-refractivity contribution in [1.82, 2.24) is 4.98 Å². The highest BCUT2D eigenvalue weighted by molar-refractivity contribution is 9.10. The summed E-state index contributed by atoms with van der Waals surface area (Å²) >= 11 is 3.12. The normalized spacial score (nSPS) is 11.5. The number of alkyl halides is 3. The zero-order chi connectivity index (χ0) is 15.6. The highest BCUT2D eigenvalue weighted by Gasteiger charge is 2.33. The number of benzene rings is 1. The molecule has 1 aromatic heterocycles. The Morgan fingerprint density at radius 1 is 1.19 bits per heavy atom. The Morgan fingerprint density at radius 3 is 2.52 bits per heavy atom. The van der Waals surface area contributed by atoms with E-state index in [4.69, 9.17) is 10.5 Å². The first-order valence-electron chi connectivity index (χ1n) is 5.71. The van der Waals surface area contributed by atoms with E-state index in [-0.39, 0.29) is 23.7 Å². The third-order valence-electron chi connectivity index (χ3n) is 2.55. The van der Waals surface area contributed by atoms with Gasteiger partial charge in [0.05, 0.1) is 4.47 Å². The molecule has 8 heteroatoms. The molecule has 0 fully saturated rings. The highest BCUT2D eigenvalue weighted by atomic mass is 79.9. The van der Waals surface area contributed by atoms with Gasteiger partial charge in [0, 0.05) is 18.2 Å². The Balaban J connectivity index is 2.44. The number of hydrogen-bond donors (Lipinski definition) is 1. The van der Waals surface area contributed by atoms with Crippen LogP contribution in [0.5, 0.6) is 11.6 Å². The molecule has 0 amide bonds. The molecule has 0 unspecified atom stereocenters. The van der Waals surface area contributed by atoms with Crippen LogP contribution in [0.15, 0.2) is 34.8 Å².